The largest absolute Gasteiger partial charge is 0.497 e. The lowest BCUT2D eigenvalue weighted by Gasteiger charge is -2.29. The summed E-state index contributed by atoms with van der Waals surface area (Å²) >= 11 is 0. The van der Waals surface area contributed by atoms with Gasteiger partial charge in [0.05, 0.1) is 12.7 Å². The van der Waals surface area contributed by atoms with Crippen LogP contribution in [-0.4, -0.2) is 43.8 Å². The first kappa shape index (κ1) is 19.5. The molecular weight excluding hydrogens is 371 g/mol. The Morgan fingerprint density at radius 2 is 2.07 bits per heavy atom. The summed E-state index contributed by atoms with van der Waals surface area (Å²) in [6, 6.07) is 12.0. The van der Waals surface area contributed by atoms with Gasteiger partial charge < -0.3 is 14.8 Å². The molecule has 2 aliphatic heterocycles. The van der Waals surface area contributed by atoms with Gasteiger partial charge in [0.1, 0.15) is 17.3 Å². The minimum Gasteiger partial charge on any atom is -0.497 e. The molecule has 4 rings (SSSR count). The third-order valence-corrected chi connectivity index (χ3v) is 5.44. The molecule has 0 bridgehead atoms. The Labute approximate surface area is 170 Å². The second-order valence-corrected chi connectivity index (χ2v) is 7.37. The molecular formula is C23H25FN2O3. The third-order valence-electron chi connectivity index (χ3n) is 5.44. The molecule has 5 nitrogen and oxygen atoms in total. The number of hydrogen-bond donors (Lipinski definition) is 1. The first-order valence-corrected chi connectivity index (χ1v) is 9.95. The molecule has 2 aromatic rings. The monoisotopic (exact) mass is 396 g/mol. The van der Waals surface area contributed by atoms with E-state index < -0.39 is 0 Å². The van der Waals surface area contributed by atoms with Crippen molar-refractivity contribution in [2.24, 2.45) is 0 Å². The maximum atomic E-state index is 13.1. The number of hydrogen-bond acceptors (Lipinski definition) is 4. The highest BCUT2D eigenvalue weighted by Gasteiger charge is 2.26. The van der Waals surface area contributed by atoms with Crippen molar-refractivity contribution in [2.75, 3.05) is 26.7 Å². The Morgan fingerprint density at radius 3 is 2.79 bits per heavy atom. The van der Waals surface area contributed by atoms with E-state index in [0.717, 1.165) is 44.5 Å². The van der Waals surface area contributed by atoms with Crippen molar-refractivity contribution in [1.82, 2.24) is 10.2 Å². The van der Waals surface area contributed by atoms with Gasteiger partial charge in [-0.2, -0.15) is 0 Å². The zero-order chi connectivity index (χ0) is 20.2. The van der Waals surface area contributed by atoms with Gasteiger partial charge in [0.2, 0.25) is 0 Å². The van der Waals surface area contributed by atoms with E-state index in [1.807, 2.05) is 12.1 Å². The predicted octanol–water partition coefficient (Wildman–Crippen LogP) is 3.85. The number of carbonyl (C=O) groups excluding carboxylic acids is 1. The van der Waals surface area contributed by atoms with Crippen LogP contribution in [0.15, 0.2) is 48.5 Å². The molecule has 1 unspecified atom stereocenters. The van der Waals surface area contributed by atoms with Crippen LogP contribution in [0.2, 0.25) is 0 Å². The van der Waals surface area contributed by atoms with E-state index in [-0.39, 0.29) is 18.0 Å². The van der Waals surface area contributed by atoms with Gasteiger partial charge in [-0.1, -0.05) is 18.2 Å². The Hall–Kier alpha value is -2.86. The highest BCUT2D eigenvalue weighted by Crippen LogP contribution is 2.28. The summed E-state index contributed by atoms with van der Waals surface area (Å²) in [5.41, 5.74) is 2.88. The Kier molecular flexibility index (Phi) is 5.81. The van der Waals surface area contributed by atoms with E-state index in [9.17, 15) is 9.18 Å². The van der Waals surface area contributed by atoms with Crippen molar-refractivity contribution < 1.29 is 18.7 Å². The molecule has 0 aromatic heterocycles. The topological polar surface area (TPSA) is 50.8 Å². The second-order valence-electron chi connectivity index (χ2n) is 7.37. The number of rotatable bonds is 6. The van der Waals surface area contributed by atoms with Gasteiger partial charge >= 0.3 is 0 Å². The number of fused-ring (bicyclic) bond motifs is 1. The van der Waals surface area contributed by atoms with Crippen molar-refractivity contribution in [3.8, 4) is 11.5 Å². The van der Waals surface area contributed by atoms with Crippen molar-refractivity contribution >= 4 is 11.5 Å². The summed E-state index contributed by atoms with van der Waals surface area (Å²) < 4.78 is 24.2. The van der Waals surface area contributed by atoms with E-state index >= 15 is 0 Å². The Bertz CT molecular complexity index is 911. The van der Waals surface area contributed by atoms with Crippen LogP contribution in [0.5, 0.6) is 11.5 Å². The molecule has 2 heterocycles. The van der Waals surface area contributed by atoms with Crippen molar-refractivity contribution in [3.05, 3.63) is 65.5 Å². The smallest absolute Gasteiger partial charge is 0.257 e. The number of benzene rings is 2. The normalized spacial score (nSPS) is 19.0. The molecule has 1 N–H and O–H groups in total. The molecule has 29 heavy (non-hydrogen) atoms. The highest BCUT2D eigenvalue weighted by molar-refractivity contribution is 5.98. The molecule has 1 atom stereocenters. The lowest BCUT2D eigenvalue weighted by Crippen LogP contribution is -2.43. The Balaban J connectivity index is 1.26. The van der Waals surface area contributed by atoms with Crippen LogP contribution < -0.4 is 14.8 Å². The average molecular weight is 396 g/mol. The third kappa shape index (κ3) is 4.59. The van der Waals surface area contributed by atoms with Crippen molar-refractivity contribution in [1.29, 1.82) is 0 Å². The fraction of sp³-hybridized carbons (Fsp3) is 0.348. The lowest BCUT2D eigenvalue weighted by molar-refractivity contribution is 0.0727. The predicted molar refractivity (Wildman–Crippen MR) is 110 cm³/mol. The van der Waals surface area contributed by atoms with Crippen LogP contribution >= 0.6 is 0 Å². The van der Waals surface area contributed by atoms with Gasteiger partial charge in [0.15, 0.2) is 6.23 Å². The van der Waals surface area contributed by atoms with E-state index in [4.69, 9.17) is 9.47 Å². The van der Waals surface area contributed by atoms with E-state index in [0.29, 0.717) is 17.1 Å². The summed E-state index contributed by atoms with van der Waals surface area (Å²) in [6.07, 6.45) is 4.55. The lowest BCUT2D eigenvalue weighted by atomic mass is 9.99. The van der Waals surface area contributed by atoms with Crippen LogP contribution in [0.3, 0.4) is 0 Å². The molecule has 0 spiro atoms. The highest BCUT2D eigenvalue weighted by atomic mass is 19.1. The van der Waals surface area contributed by atoms with Crippen molar-refractivity contribution in [2.45, 2.75) is 25.5 Å². The first-order chi connectivity index (χ1) is 14.1. The number of halogens is 1. The van der Waals surface area contributed by atoms with Crippen LogP contribution in [0.4, 0.5) is 4.39 Å². The summed E-state index contributed by atoms with van der Waals surface area (Å²) in [5, 5.41) is 2.92. The van der Waals surface area contributed by atoms with Gasteiger partial charge in [-0.05, 0) is 60.9 Å². The zero-order valence-electron chi connectivity index (χ0n) is 16.5. The number of methoxy groups -OCH3 is 1. The quantitative estimate of drug-likeness (QED) is 0.806. The fourth-order valence-corrected chi connectivity index (χ4v) is 3.79. The molecule has 2 aromatic carbocycles. The molecule has 0 radical (unpaired) electrons. The molecule has 6 heteroatoms. The van der Waals surface area contributed by atoms with Crippen LogP contribution in [0.1, 0.15) is 35.2 Å². The maximum absolute atomic E-state index is 13.1. The molecule has 2 aliphatic rings. The van der Waals surface area contributed by atoms with Crippen LogP contribution in [0, 0.1) is 5.82 Å². The van der Waals surface area contributed by atoms with Gasteiger partial charge in [0, 0.05) is 19.5 Å². The fourth-order valence-electron chi connectivity index (χ4n) is 3.79. The summed E-state index contributed by atoms with van der Waals surface area (Å²) in [6.45, 7) is 2.80. The standard InChI is InChI=1S/C23H25FN2O3/c1-28-19-8-9-21-20(15-19)23(27)25-22(29-21)3-2-12-26-13-10-17(11-14-26)16-4-6-18(24)7-5-16/h4-10,15,22H,2-3,11-14H2,1H3,(H,25,27). The second kappa shape index (κ2) is 8.66. The van der Waals surface area contributed by atoms with Gasteiger partial charge in [-0.25, -0.2) is 4.39 Å². The molecule has 0 saturated carbocycles. The number of nitrogens with one attached hydrogen (secondary N) is 1. The van der Waals surface area contributed by atoms with Gasteiger partial charge in [-0.15, -0.1) is 0 Å². The SMILES string of the molecule is COc1ccc2c(c1)C(=O)NC(CCCN1CC=C(c3ccc(F)cc3)CC1)O2. The van der Waals surface area contributed by atoms with Gasteiger partial charge in [0.25, 0.3) is 5.91 Å². The van der Waals surface area contributed by atoms with Crippen molar-refractivity contribution in [3.63, 3.8) is 0 Å². The number of amides is 1. The van der Waals surface area contributed by atoms with Crippen LogP contribution in [0.25, 0.3) is 5.57 Å². The number of carbonyl (C=O) groups is 1. The number of nitrogens with zero attached hydrogens (tertiary/aromatic N) is 1. The van der Waals surface area contributed by atoms with E-state index in [1.54, 1.807) is 25.3 Å². The molecule has 152 valence electrons. The zero-order valence-corrected chi connectivity index (χ0v) is 16.5. The maximum Gasteiger partial charge on any atom is 0.257 e. The summed E-state index contributed by atoms with van der Waals surface area (Å²) in [5.74, 6) is 0.911. The van der Waals surface area contributed by atoms with Crippen LogP contribution in [-0.2, 0) is 0 Å². The minimum absolute atomic E-state index is 0.125. The van der Waals surface area contributed by atoms with E-state index in [1.165, 1.54) is 17.7 Å². The minimum atomic E-state index is -0.307. The molecule has 0 saturated heterocycles. The summed E-state index contributed by atoms with van der Waals surface area (Å²) in [4.78, 5) is 14.7. The van der Waals surface area contributed by atoms with Gasteiger partial charge in [-0.3, -0.25) is 9.69 Å². The van der Waals surface area contributed by atoms with E-state index in [2.05, 4.69) is 16.3 Å². The first-order valence-electron chi connectivity index (χ1n) is 9.95. The molecule has 0 fully saturated rings. The molecule has 0 aliphatic carbocycles. The molecule has 1 amide bonds. The summed E-state index contributed by atoms with van der Waals surface area (Å²) in [7, 11) is 1.57. The number of ether oxygens (including phenoxy) is 2. The Morgan fingerprint density at radius 1 is 1.24 bits per heavy atom. The average Bonchev–Trinajstić information content (AvgIpc) is 2.75.